The fraction of sp³-hybridized carbons (Fsp3) is 0.136. The molecule has 3 aromatic rings. The molecule has 142 valence electrons. The number of benzene rings is 3. The fourth-order valence-corrected chi connectivity index (χ4v) is 3.78. The predicted octanol–water partition coefficient (Wildman–Crippen LogP) is 7.01. The van der Waals surface area contributed by atoms with Crippen molar-refractivity contribution >= 4 is 46.2 Å². The maximum Gasteiger partial charge on any atom is 0.127 e. The molecular formula is C22H17Cl3N2O. The first-order chi connectivity index (χ1) is 13.6. The van der Waals surface area contributed by atoms with Crippen LogP contribution in [0.3, 0.4) is 0 Å². The molecule has 0 saturated heterocycles. The van der Waals surface area contributed by atoms with Crippen molar-refractivity contribution < 1.29 is 4.74 Å². The Labute approximate surface area is 179 Å². The van der Waals surface area contributed by atoms with Crippen molar-refractivity contribution in [3.63, 3.8) is 0 Å². The summed E-state index contributed by atoms with van der Waals surface area (Å²) in [5, 5.41) is 8.62. The van der Waals surface area contributed by atoms with Crippen molar-refractivity contribution in [1.82, 2.24) is 0 Å². The lowest BCUT2D eigenvalue weighted by molar-refractivity contribution is 0.414. The third kappa shape index (κ3) is 3.70. The SMILES string of the molecule is COc1ccccc1C1=NN(c2ccc(Cl)c(Cl)c2)C(c2ccc(Cl)cc2)C1. The average molecular weight is 432 g/mol. The molecule has 1 aliphatic rings. The minimum absolute atomic E-state index is 0.00872. The Hall–Kier alpha value is -2.20. The molecule has 0 saturated carbocycles. The van der Waals surface area contributed by atoms with Gasteiger partial charge in [-0.05, 0) is 48.0 Å². The molecule has 4 rings (SSSR count). The lowest BCUT2D eigenvalue weighted by atomic mass is 9.98. The Morgan fingerprint density at radius 3 is 2.39 bits per heavy atom. The molecule has 1 aliphatic heterocycles. The molecule has 1 atom stereocenters. The van der Waals surface area contributed by atoms with E-state index in [0.717, 1.165) is 34.7 Å². The molecular weight excluding hydrogens is 415 g/mol. The Bertz CT molecular complexity index is 1030. The summed E-state index contributed by atoms with van der Waals surface area (Å²) in [4.78, 5) is 0. The van der Waals surface area contributed by atoms with Crippen LogP contribution in [-0.2, 0) is 0 Å². The number of hydrazone groups is 1. The summed E-state index contributed by atoms with van der Waals surface area (Å²) in [5.41, 5.74) is 3.92. The van der Waals surface area contributed by atoms with Crippen molar-refractivity contribution in [2.45, 2.75) is 12.5 Å². The summed E-state index contributed by atoms with van der Waals surface area (Å²) >= 11 is 18.5. The summed E-state index contributed by atoms with van der Waals surface area (Å²) < 4.78 is 5.53. The second kappa shape index (κ2) is 8.04. The molecule has 0 bridgehead atoms. The fourth-order valence-electron chi connectivity index (χ4n) is 3.37. The number of hydrogen-bond donors (Lipinski definition) is 0. The van der Waals surface area contributed by atoms with Crippen molar-refractivity contribution in [3.8, 4) is 5.75 Å². The molecule has 0 fully saturated rings. The molecule has 0 aromatic heterocycles. The van der Waals surface area contributed by atoms with E-state index in [1.165, 1.54) is 0 Å². The van der Waals surface area contributed by atoms with Crippen LogP contribution in [-0.4, -0.2) is 12.8 Å². The Kier molecular flexibility index (Phi) is 5.49. The quantitative estimate of drug-likeness (QED) is 0.444. The van der Waals surface area contributed by atoms with Crippen molar-refractivity contribution in [3.05, 3.63) is 92.9 Å². The van der Waals surface area contributed by atoms with Crippen LogP contribution in [0.1, 0.15) is 23.6 Å². The Morgan fingerprint density at radius 1 is 0.929 bits per heavy atom. The van der Waals surface area contributed by atoms with E-state index in [0.29, 0.717) is 15.1 Å². The third-order valence-electron chi connectivity index (χ3n) is 4.75. The monoisotopic (exact) mass is 430 g/mol. The van der Waals surface area contributed by atoms with E-state index < -0.39 is 0 Å². The minimum atomic E-state index is 0.00872. The molecule has 6 heteroatoms. The van der Waals surface area contributed by atoms with Gasteiger partial charge in [-0.15, -0.1) is 0 Å². The highest BCUT2D eigenvalue weighted by Crippen LogP contribution is 2.40. The van der Waals surface area contributed by atoms with Crippen LogP contribution < -0.4 is 9.75 Å². The first kappa shape index (κ1) is 19.1. The second-order valence-electron chi connectivity index (χ2n) is 6.46. The van der Waals surface area contributed by atoms with Crippen molar-refractivity contribution in [2.75, 3.05) is 12.1 Å². The van der Waals surface area contributed by atoms with E-state index in [-0.39, 0.29) is 6.04 Å². The maximum absolute atomic E-state index is 6.26. The molecule has 0 radical (unpaired) electrons. The van der Waals surface area contributed by atoms with Gasteiger partial charge < -0.3 is 4.74 Å². The summed E-state index contributed by atoms with van der Waals surface area (Å²) in [5.74, 6) is 0.798. The topological polar surface area (TPSA) is 24.8 Å². The van der Waals surface area contributed by atoms with E-state index in [2.05, 4.69) is 0 Å². The second-order valence-corrected chi connectivity index (χ2v) is 7.71. The van der Waals surface area contributed by atoms with Crippen LogP contribution in [0, 0.1) is 0 Å². The predicted molar refractivity (Wildman–Crippen MR) is 117 cm³/mol. The zero-order valence-electron chi connectivity index (χ0n) is 15.1. The summed E-state index contributed by atoms with van der Waals surface area (Å²) in [7, 11) is 1.67. The van der Waals surface area contributed by atoms with Gasteiger partial charge in [0.25, 0.3) is 0 Å². The lowest BCUT2D eigenvalue weighted by Crippen LogP contribution is -2.18. The van der Waals surface area contributed by atoms with E-state index in [4.69, 9.17) is 44.6 Å². The van der Waals surface area contributed by atoms with Gasteiger partial charge >= 0.3 is 0 Å². The van der Waals surface area contributed by atoms with Gasteiger partial charge in [0, 0.05) is 17.0 Å². The maximum atomic E-state index is 6.26. The van der Waals surface area contributed by atoms with Crippen LogP contribution in [0.15, 0.2) is 71.8 Å². The third-order valence-corrected chi connectivity index (χ3v) is 5.74. The molecule has 1 heterocycles. The average Bonchev–Trinajstić information content (AvgIpc) is 3.16. The number of para-hydroxylation sites is 1. The molecule has 3 aromatic carbocycles. The molecule has 1 unspecified atom stereocenters. The van der Waals surface area contributed by atoms with Gasteiger partial charge in [-0.25, -0.2) is 0 Å². The first-order valence-corrected chi connectivity index (χ1v) is 9.91. The summed E-state index contributed by atoms with van der Waals surface area (Å²) in [6, 6.07) is 21.3. The van der Waals surface area contributed by atoms with Crippen LogP contribution in [0.25, 0.3) is 0 Å². The first-order valence-electron chi connectivity index (χ1n) is 8.77. The molecule has 28 heavy (non-hydrogen) atoms. The number of methoxy groups -OCH3 is 1. The smallest absolute Gasteiger partial charge is 0.127 e. The number of hydrogen-bond acceptors (Lipinski definition) is 3. The van der Waals surface area contributed by atoms with Crippen LogP contribution in [0.2, 0.25) is 15.1 Å². The van der Waals surface area contributed by atoms with Gasteiger partial charge in [0.15, 0.2) is 0 Å². The number of halogens is 3. The van der Waals surface area contributed by atoms with Gasteiger partial charge in [-0.2, -0.15) is 5.10 Å². The zero-order valence-corrected chi connectivity index (χ0v) is 17.3. The largest absolute Gasteiger partial charge is 0.496 e. The summed E-state index contributed by atoms with van der Waals surface area (Å²) in [6.07, 6.45) is 0.724. The van der Waals surface area contributed by atoms with E-state index in [1.54, 1.807) is 13.2 Å². The molecule has 3 nitrogen and oxygen atoms in total. The summed E-state index contributed by atoms with van der Waals surface area (Å²) in [6.45, 7) is 0. The normalized spacial score (nSPS) is 16.2. The van der Waals surface area contributed by atoms with Gasteiger partial charge in [-0.1, -0.05) is 59.1 Å². The van der Waals surface area contributed by atoms with Gasteiger partial charge in [-0.3, -0.25) is 5.01 Å². The van der Waals surface area contributed by atoms with Crippen LogP contribution >= 0.6 is 34.8 Å². The number of anilines is 1. The van der Waals surface area contributed by atoms with Crippen LogP contribution in [0.5, 0.6) is 5.75 Å². The van der Waals surface area contributed by atoms with E-state index in [1.807, 2.05) is 65.7 Å². The molecule has 0 N–H and O–H groups in total. The van der Waals surface area contributed by atoms with Crippen LogP contribution in [0.4, 0.5) is 5.69 Å². The Morgan fingerprint density at radius 2 is 1.68 bits per heavy atom. The van der Waals surface area contributed by atoms with E-state index >= 15 is 0 Å². The van der Waals surface area contributed by atoms with Crippen molar-refractivity contribution in [1.29, 1.82) is 0 Å². The lowest BCUT2D eigenvalue weighted by Gasteiger charge is -2.24. The number of rotatable bonds is 4. The molecule has 0 aliphatic carbocycles. The van der Waals surface area contributed by atoms with Crippen molar-refractivity contribution in [2.24, 2.45) is 5.10 Å². The standard InChI is InChI=1S/C22H17Cl3N2O/c1-28-22-5-3-2-4-17(22)20-13-21(14-6-8-15(23)9-7-14)27(26-20)16-10-11-18(24)19(25)12-16/h2-12,21H,13H2,1H3. The number of ether oxygens (including phenoxy) is 1. The zero-order chi connectivity index (χ0) is 19.7. The van der Waals surface area contributed by atoms with Gasteiger partial charge in [0.2, 0.25) is 0 Å². The highest BCUT2D eigenvalue weighted by molar-refractivity contribution is 6.42. The minimum Gasteiger partial charge on any atom is -0.496 e. The molecule has 0 amide bonds. The highest BCUT2D eigenvalue weighted by Gasteiger charge is 2.31. The Balaban J connectivity index is 1.79. The highest BCUT2D eigenvalue weighted by atomic mass is 35.5. The van der Waals surface area contributed by atoms with Gasteiger partial charge in [0.05, 0.1) is 34.6 Å². The van der Waals surface area contributed by atoms with Gasteiger partial charge in [0.1, 0.15) is 5.75 Å². The number of nitrogens with zero attached hydrogens (tertiary/aromatic N) is 2. The van der Waals surface area contributed by atoms with E-state index in [9.17, 15) is 0 Å². The molecule has 0 spiro atoms.